The minimum absolute atomic E-state index is 0.00653. The van der Waals surface area contributed by atoms with Crippen molar-refractivity contribution in [2.24, 2.45) is 0 Å². The van der Waals surface area contributed by atoms with E-state index in [0.717, 1.165) is 35.1 Å². The fourth-order valence-electron chi connectivity index (χ4n) is 5.77. The van der Waals surface area contributed by atoms with E-state index in [0.29, 0.717) is 34.6 Å². The van der Waals surface area contributed by atoms with Crippen molar-refractivity contribution in [3.63, 3.8) is 0 Å². The normalized spacial score (nSPS) is 19.3. The number of hydroxylamine groups is 2. The fraction of sp³-hybridized carbons (Fsp3) is 0.375. The molecule has 2 aromatic carbocycles. The number of aryl methyl sites for hydroxylation is 1. The number of phenols is 2. The van der Waals surface area contributed by atoms with Crippen LogP contribution in [0, 0.1) is 0 Å². The van der Waals surface area contributed by atoms with Crippen LogP contribution in [0.4, 0.5) is 5.82 Å². The van der Waals surface area contributed by atoms with Crippen LogP contribution in [0.15, 0.2) is 36.4 Å². The Kier molecular flexibility index (Phi) is 7.98. The van der Waals surface area contributed by atoms with Crippen molar-refractivity contribution >= 4 is 51.4 Å². The molecule has 0 radical (unpaired) electrons. The largest absolute Gasteiger partial charge is 0.504 e. The molecule has 4 heterocycles. The average Bonchev–Trinajstić information content (AvgIpc) is 3.37. The van der Waals surface area contributed by atoms with E-state index in [1.165, 1.54) is 6.07 Å². The topological polar surface area (TPSA) is 193 Å². The van der Waals surface area contributed by atoms with Crippen LogP contribution in [0.1, 0.15) is 69.3 Å². The van der Waals surface area contributed by atoms with Gasteiger partial charge in [-0.1, -0.05) is 31.5 Å². The van der Waals surface area contributed by atoms with E-state index < -0.39 is 29.2 Å². The van der Waals surface area contributed by atoms with Crippen molar-refractivity contribution in [3.05, 3.63) is 53.3 Å². The fourth-order valence-corrected chi connectivity index (χ4v) is 5.77. The summed E-state index contributed by atoms with van der Waals surface area (Å²) in [7, 11) is 0. The molecule has 6 rings (SSSR count). The molecule has 5 N–H and O–H groups in total. The Bertz CT molecular complexity index is 1890. The molecular weight excluding hydrogens is 594 g/mol. The summed E-state index contributed by atoms with van der Waals surface area (Å²) in [5, 5.41) is 23.8. The highest BCUT2D eigenvalue weighted by molar-refractivity contribution is 6.07. The molecule has 0 saturated carbocycles. The van der Waals surface area contributed by atoms with Gasteiger partial charge in [-0.15, -0.1) is 5.06 Å². The smallest absolute Gasteiger partial charge is 0.333 e. The molecule has 2 unspecified atom stereocenters. The van der Waals surface area contributed by atoms with Crippen LogP contribution >= 0.6 is 0 Å². The number of benzene rings is 2. The van der Waals surface area contributed by atoms with Gasteiger partial charge in [-0.25, -0.2) is 19.8 Å². The van der Waals surface area contributed by atoms with Crippen LogP contribution in [-0.2, 0) is 42.5 Å². The monoisotopic (exact) mass is 629 g/mol. The van der Waals surface area contributed by atoms with Gasteiger partial charge in [0.1, 0.15) is 11.3 Å². The molecule has 2 aliphatic heterocycles. The zero-order chi connectivity index (χ0) is 32.7. The molecule has 46 heavy (non-hydrogen) atoms. The number of hydrogen-bond donors (Lipinski definition) is 4. The molecule has 0 aliphatic carbocycles. The van der Waals surface area contributed by atoms with E-state index in [4.69, 9.17) is 15.6 Å². The van der Waals surface area contributed by atoms with Crippen LogP contribution in [0.2, 0.25) is 0 Å². The summed E-state index contributed by atoms with van der Waals surface area (Å²) in [6, 6.07) is 10.7. The third-order valence-corrected chi connectivity index (χ3v) is 8.56. The Morgan fingerprint density at radius 1 is 1.09 bits per heavy atom. The summed E-state index contributed by atoms with van der Waals surface area (Å²) in [5.74, 6) is -1.74. The van der Waals surface area contributed by atoms with Gasteiger partial charge in [0.25, 0.3) is 11.8 Å². The lowest BCUT2D eigenvalue weighted by molar-refractivity contribution is -0.197. The Balaban J connectivity index is 1.25. The summed E-state index contributed by atoms with van der Waals surface area (Å²) in [5.41, 5.74) is 12.1. The van der Waals surface area contributed by atoms with Gasteiger partial charge in [0.05, 0.1) is 29.5 Å². The molecule has 0 bridgehead atoms. The number of carbonyl (C=O) groups is 4. The van der Waals surface area contributed by atoms with Crippen molar-refractivity contribution in [3.8, 4) is 11.5 Å². The highest BCUT2D eigenvalue weighted by atomic mass is 16.7. The molecule has 2 fully saturated rings. The summed E-state index contributed by atoms with van der Waals surface area (Å²) < 4.78 is 2.01. The number of nitrogens with one attached hydrogen (secondary N) is 1. The van der Waals surface area contributed by atoms with Crippen molar-refractivity contribution in [1.82, 2.24) is 30.0 Å². The number of hydrazine groups is 1. The molecule has 2 aromatic heterocycles. The Morgan fingerprint density at radius 3 is 2.59 bits per heavy atom. The summed E-state index contributed by atoms with van der Waals surface area (Å²) >= 11 is 0. The lowest BCUT2D eigenvalue weighted by atomic mass is 9.98. The van der Waals surface area contributed by atoms with Crippen molar-refractivity contribution < 1.29 is 34.2 Å². The minimum Gasteiger partial charge on any atom is -0.504 e. The number of aromatic nitrogens is 3. The number of imidazole rings is 1. The first-order valence-corrected chi connectivity index (χ1v) is 15.2. The molecule has 4 aromatic rings. The number of nitrogens with two attached hydrogens (primary N) is 1. The van der Waals surface area contributed by atoms with Crippen molar-refractivity contribution in [2.45, 2.75) is 70.9 Å². The molecule has 2 saturated heterocycles. The third kappa shape index (κ3) is 5.67. The quantitative estimate of drug-likeness (QED) is 0.108. The average molecular weight is 630 g/mol. The van der Waals surface area contributed by atoms with E-state index in [-0.39, 0.29) is 49.5 Å². The predicted octanol–water partition coefficient (Wildman–Crippen LogP) is 2.92. The molecule has 3 amide bonds. The number of imide groups is 1. The van der Waals surface area contributed by atoms with Crippen LogP contribution < -0.4 is 11.2 Å². The van der Waals surface area contributed by atoms with E-state index in [2.05, 4.69) is 17.3 Å². The molecule has 14 nitrogen and oxygen atoms in total. The van der Waals surface area contributed by atoms with Gasteiger partial charge in [-0.05, 0) is 37.1 Å². The highest BCUT2D eigenvalue weighted by Gasteiger charge is 2.50. The molecule has 2 aliphatic rings. The second kappa shape index (κ2) is 11.9. The van der Waals surface area contributed by atoms with Crippen LogP contribution in [0.3, 0.4) is 0 Å². The predicted molar refractivity (Wildman–Crippen MR) is 166 cm³/mol. The molecule has 14 heteroatoms. The number of rotatable bonds is 11. The van der Waals surface area contributed by atoms with Crippen LogP contribution in [0.5, 0.6) is 11.5 Å². The zero-order valence-corrected chi connectivity index (χ0v) is 25.6. The third-order valence-electron chi connectivity index (χ3n) is 8.56. The maximum Gasteiger partial charge on any atom is 0.333 e. The van der Waals surface area contributed by atoms with Crippen LogP contribution in [-0.4, -0.2) is 65.1 Å². The lowest BCUT2D eigenvalue weighted by Gasteiger charge is -2.16. The van der Waals surface area contributed by atoms with Gasteiger partial charge in [0, 0.05) is 43.2 Å². The molecule has 2 atom stereocenters. The second-order valence-electron chi connectivity index (χ2n) is 11.9. The van der Waals surface area contributed by atoms with Gasteiger partial charge in [-0.3, -0.25) is 19.8 Å². The van der Waals surface area contributed by atoms with Gasteiger partial charge in [0.15, 0.2) is 17.3 Å². The summed E-state index contributed by atoms with van der Waals surface area (Å²) in [4.78, 5) is 62.5. The molecule has 0 spiro atoms. The second-order valence-corrected chi connectivity index (χ2v) is 11.9. The highest BCUT2D eigenvalue weighted by Crippen LogP contribution is 2.42. The number of unbranched alkanes of at least 4 members (excludes halogenated alkanes) is 1. The number of fused-ring (bicyclic) bond motifs is 3. The maximum absolute atomic E-state index is 12.7. The maximum atomic E-state index is 12.7. The molecular formula is C32H35N7O7. The lowest BCUT2D eigenvalue weighted by Crippen LogP contribution is -2.34. The number of aromatic hydroxyl groups is 2. The first kappa shape index (κ1) is 30.8. The van der Waals surface area contributed by atoms with E-state index in [9.17, 15) is 29.4 Å². The summed E-state index contributed by atoms with van der Waals surface area (Å²) in [6.45, 7) is 4.83. The van der Waals surface area contributed by atoms with E-state index >= 15 is 0 Å². The number of pyridine rings is 1. The van der Waals surface area contributed by atoms with Gasteiger partial charge in [-0.2, -0.15) is 0 Å². The number of nitrogens with zero attached hydrogens (tertiary/aromatic N) is 5. The number of carbonyl (C=O) groups excluding carboxylic acids is 4. The van der Waals surface area contributed by atoms with Gasteiger partial charge < -0.3 is 25.4 Å². The van der Waals surface area contributed by atoms with Gasteiger partial charge >= 0.3 is 5.97 Å². The number of hydrogen-bond acceptors (Lipinski definition) is 11. The van der Waals surface area contributed by atoms with Gasteiger partial charge in [0.2, 0.25) is 5.91 Å². The number of para-hydroxylation sites is 1. The Labute approximate surface area is 263 Å². The Morgan fingerprint density at radius 2 is 1.85 bits per heavy atom. The zero-order valence-electron chi connectivity index (χ0n) is 25.6. The van der Waals surface area contributed by atoms with Crippen LogP contribution in [0.25, 0.3) is 21.9 Å². The van der Waals surface area contributed by atoms with E-state index in [1.807, 2.05) is 29.7 Å². The molecule has 240 valence electrons. The van der Waals surface area contributed by atoms with Crippen molar-refractivity contribution in [2.75, 3.05) is 12.3 Å². The standard InChI is InChI=1S/C32H35N7O7/c1-3-4-8-23-35-28-29(37(23)16-18-6-5-7-22(40)30(18)45)20-15-19(9-10-21(20)34-31(28)33)32(2)17-38(32)36-24(41)11-14-27(44)46-39-25(42)12-13-26(39)43/h5-7,9-10,15,40,45H,3-4,8,11-14,16-17H2,1-2H3,(H2,33,34)(H,36,41). The van der Waals surface area contributed by atoms with Crippen molar-refractivity contribution in [1.29, 1.82) is 0 Å². The number of anilines is 1. The minimum atomic E-state index is -0.841. The first-order chi connectivity index (χ1) is 22.0. The van der Waals surface area contributed by atoms with E-state index in [1.54, 1.807) is 17.1 Å². The first-order valence-electron chi connectivity index (χ1n) is 15.2. The number of phenolic OH excluding ortho intramolecular Hbond substituents is 2. The SMILES string of the molecule is CCCCc1nc2c(N)nc3ccc(C4(C)CN4NC(=O)CCC(=O)ON4C(=O)CCC4=O)cc3c2n1Cc1cccc(O)c1O. The summed E-state index contributed by atoms with van der Waals surface area (Å²) in [6.07, 6.45) is 2.03. The Hall–Kier alpha value is -5.24. The number of nitrogen functional groups attached to an aromatic ring is 1. The number of amides is 3.